The highest BCUT2D eigenvalue weighted by molar-refractivity contribution is 5.28. The van der Waals surface area contributed by atoms with E-state index in [1.165, 1.54) is 11.6 Å². The molecule has 0 aliphatic carbocycles. The van der Waals surface area contributed by atoms with Gasteiger partial charge in [-0.1, -0.05) is 43.3 Å². The maximum Gasteiger partial charge on any atom is 0.126 e. The molecular weight excluding hydrogens is 239 g/mol. The number of hydrogen-bond donors (Lipinski definition) is 1. The van der Waals surface area contributed by atoms with Crippen molar-refractivity contribution in [3.8, 4) is 0 Å². The van der Waals surface area contributed by atoms with Crippen molar-refractivity contribution in [2.45, 2.75) is 32.8 Å². The molecule has 0 aliphatic heterocycles. The molecule has 1 N–H and O–H groups in total. The molecule has 19 heavy (non-hydrogen) atoms. The fourth-order valence-corrected chi connectivity index (χ4v) is 2.07. The van der Waals surface area contributed by atoms with E-state index < -0.39 is 6.10 Å². The second-order valence-corrected chi connectivity index (χ2v) is 4.90. The van der Waals surface area contributed by atoms with E-state index in [1.54, 1.807) is 19.1 Å². The third-order valence-electron chi connectivity index (χ3n) is 3.44. The number of aliphatic hydroxyl groups excluding tert-OH is 1. The van der Waals surface area contributed by atoms with Crippen LogP contribution in [0.1, 0.15) is 35.3 Å². The van der Waals surface area contributed by atoms with Crippen LogP contribution in [0.25, 0.3) is 0 Å². The van der Waals surface area contributed by atoms with Crippen LogP contribution >= 0.6 is 0 Å². The van der Waals surface area contributed by atoms with Crippen LogP contribution in [0.4, 0.5) is 4.39 Å². The molecule has 2 aromatic rings. The summed E-state index contributed by atoms with van der Waals surface area (Å²) in [6.45, 7) is 3.83. The first-order valence-corrected chi connectivity index (χ1v) is 6.62. The van der Waals surface area contributed by atoms with Crippen LogP contribution in [0.3, 0.4) is 0 Å². The van der Waals surface area contributed by atoms with Crippen molar-refractivity contribution >= 4 is 0 Å². The molecule has 0 radical (unpaired) electrons. The molecule has 1 atom stereocenters. The van der Waals surface area contributed by atoms with Gasteiger partial charge in [0.15, 0.2) is 0 Å². The van der Waals surface area contributed by atoms with Crippen LogP contribution in [-0.2, 0) is 12.8 Å². The molecule has 0 saturated carbocycles. The zero-order valence-corrected chi connectivity index (χ0v) is 11.4. The van der Waals surface area contributed by atoms with Crippen molar-refractivity contribution in [3.05, 3.63) is 70.5 Å². The molecule has 0 aliphatic rings. The van der Waals surface area contributed by atoms with Crippen molar-refractivity contribution in [3.63, 3.8) is 0 Å². The number of halogens is 1. The molecule has 0 aromatic heterocycles. The van der Waals surface area contributed by atoms with Gasteiger partial charge < -0.3 is 5.11 Å². The molecule has 0 bridgehead atoms. The Hall–Kier alpha value is -1.67. The van der Waals surface area contributed by atoms with Crippen molar-refractivity contribution in [2.24, 2.45) is 0 Å². The summed E-state index contributed by atoms with van der Waals surface area (Å²) in [5.41, 5.74) is 3.57. The first-order chi connectivity index (χ1) is 9.10. The normalized spacial score (nSPS) is 12.4. The summed E-state index contributed by atoms with van der Waals surface area (Å²) in [6.07, 6.45) is 0.848. The quantitative estimate of drug-likeness (QED) is 0.879. The van der Waals surface area contributed by atoms with Gasteiger partial charge in [-0.05, 0) is 41.7 Å². The van der Waals surface area contributed by atoms with E-state index in [0.29, 0.717) is 17.5 Å². The Labute approximate surface area is 113 Å². The topological polar surface area (TPSA) is 20.2 Å². The average Bonchev–Trinajstić information content (AvgIpc) is 2.42. The van der Waals surface area contributed by atoms with E-state index in [2.05, 4.69) is 19.1 Å². The summed E-state index contributed by atoms with van der Waals surface area (Å²) in [5.74, 6) is -0.266. The zero-order chi connectivity index (χ0) is 13.8. The maximum absolute atomic E-state index is 13.5. The second kappa shape index (κ2) is 5.98. The molecule has 0 spiro atoms. The number of aliphatic hydroxyl groups is 1. The van der Waals surface area contributed by atoms with Gasteiger partial charge in [-0.3, -0.25) is 0 Å². The van der Waals surface area contributed by atoms with Gasteiger partial charge in [0, 0.05) is 6.42 Å². The van der Waals surface area contributed by atoms with Gasteiger partial charge in [0.2, 0.25) is 0 Å². The third kappa shape index (κ3) is 3.42. The van der Waals surface area contributed by atoms with Crippen LogP contribution in [0.2, 0.25) is 0 Å². The fourth-order valence-electron chi connectivity index (χ4n) is 2.07. The maximum atomic E-state index is 13.5. The van der Waals surface area contributed by atoms with Crippen molar-refractivity contribution < 1.29 is 9.50 Å². The molecule has 1 nitrogen and oxygen atoms in total. The summed E-state index contributed by atoms with van der Waals surface area (Å²) < 4.78 is 13.5. The summed E-state index contributed by atoms with van der Waals surface area (Å²) in [4.78, 5) is 0. The zero-order valence-electron chi connectivity index (χ0n) is 11.4. The summed E-state index contributed by atoms with van der Waals surface area (Å²) in [7, 11) is 0. The molecule has 2 aromatic carbocycles. The lowest BCUT2D eigenvalue weighted by Crippen LogP contribution is -2.03. The Balaban J connectivity index is 2.10. The third-order valence-corrected chi connectivity index (χ3v) is 3.44. The first kappa shape index (κ1) is 13.8. The van der Waals surface area contributed by atoms with E-state index in [9.17, 15) is 9.50 Å². The van der Waals surface area contributed by atoms with E-state index in [0.717, 1.165) is 12.0 Å². The standard InChI is InChI=1S/C17H19FO/c1-3-13-5-7-14(8-6-13)10-17(19)15-9-4-12(2)16(18)11-15/h4-9,11,17,19H,3,10H2,1-2H3. The van der Waals surface area contributed by atoms with E-state index in [4.69, 9.17) is 0 Å². The van der Waals surface area contributed by atoms with Crippen LogP contribution in [-0.4, -0.2) is 5.11 Å². The lowest BCUT2D eigenvalue weighted by Gasteiger charge is -2.12. The molecule has 0 amide bonds. The lowest BCUT2D eigenvalue weighted by atomic mass is 9.99. The second-order valence-electron chi connectivity index (χ2n) is 4.90. The smallest absolute Gasteiger partial charge is 0.126 e. The summed E-state index contributed by atoms with van der Waals surface area (Å²) in [6, 6.07) is 13.1. The Morgan fingerprint density at radius 2 is 1.68 bits per heavy atom. The highest BCUT2D eigenvalue weighted by Crippen LogP contribution is 2.21. The number of rotatable bonds is 4. The lowest BCUT2D eigenvalue weighted by molar-refractivity contribution is 0.178. The molecule has 2 heteroatoms. The Morgan fingerprint density at radius 1 is 1.05 bits per heavy atom. The molecule has 0 saturated heterocycles. The van der Waals surface area contributed by atoms with Crippen LogP contribution in [0.15, 0.2) is 42.5 Å². The van der Waals surface area contributed by atoms with Gasteiger partial charge in [0.05, 0.1) is 6.10 Å². The van der Waals surface area contributed by atoms with Gasteiger partial charge in [0.25, 0.3) is 0 Å². The van der Waals surface area contributed by atoms with Gasteiger partial charge in [-0.2, -0.15) is 0 Å². The number of aryl methyl sites for hydroxylation is 2. The Kier molecular flexibility index (Phi) is 4.33. The van der Waals surface area contributed by atoms with E-state index >= 15 is 0 Å². The van der Waals surface area contributed by atoms with Crippen LogP contribution in [0, 0.1) is 12.7 Å². The molecule has 0 fully saturated rings. The predicted molar refractivity (Wildman–Crippen MR) is 75.6 cm³/mol. The van der Waals surface area contributed by atoms with E-state index in [-0.39, 0.29) is 5.82 Å². The van der Waals surface area contributed by atoms with Gasteiger partial charge in [-0.15, -0.1) is 0 Å². The largest absolute Gasteiger partial charge is 0.388 e. The number of hydrogen-bond acceptors (Lipinski definition) is 1. The minimum atomic E-state index is -0.664. The minimum Gasteiger partial charge on any atom is -0.388 e. The van der Waals surface area contributed by atoms with Gasteiger partial charge >= 0.3 is 0 Å². The SMILES string of the molecule is CCc1ccc(CC(O)c2ccc(C)c(F)c2)cc1. The van der Waals surface area contributed by atoms with Crippen molar-refractivity contribution in [1.82, 2.24) is 0 Å². The van der Waals surface area contributed by atoms with E-state index in [1.807, 2.05) is 12.1 Å². The summed E-state index contributed by atoms with van der Waals surface area (Å²) >= 11 is 0. The van der Waals surface area contributed by atoms with Gasteiger partial charge in [0.1, 0.15) is 5.82 Å². The molecule has 0 heterocycles. The average molecular weight is 258 g/mol. The minimum absolute atomic E-state index is 0.266. The van der Waals surface area contributed by atoms with Crippen molar-refractivity contribution in [2.75, 3.05) is 0 Å². The highest BCUT2D eigenvalue weighted by atomic mass is 19.1. The molecular formula is C17H19FO. The number of benzene rings is 2. The monoisotopic (exact) mass is 258 g/mol. The van der Waals surface area contributed by atoms with Crippen molar-refractivity contribution in [1.29, 1.82) is 0 Å². The molecule has 100 valence electrons. The Bertz CT molecular complexity index is 546. The fraction of sp³-hybridized carbons (Fsp3) is 0.294. The highest BCUT2D eigenvalue weighted by Gasteiger charge is 2.10. The molecule has 1 unspecified atom stereocenters. The first-order valence-electron chi connectivity index (χ1n) is 6.62. The van der Waals surface area contributed by atoms with Crippen LogP contribution in [0.5, 0.6) is 0 Å². The molecule has 2 rings (SSSR count). The van der Waals surface area contributed by atoms with Crippen LogP contribution < -0.4 is 0 Å². The van der Waals surface area contributed by atoms with Gasteiger partial charge in [-0.25, -0.2) is 4.39 Å². The Morgan fingerprint density at radius 3 is 2.26 bits per heavy atom. The predicted octanol–water partition coefficient (Wildman–Crippen LogP) is 3.97. The summed E-state index contributed by atoms with van der Waals surface area (Å²) in [5, 5.41) is 10.1.